The fourth-order valence-corrected chi connectivity index (χ4v) is 4.65. The Kier molecular flexibility index (Phi) is 4.02. The van der Waals surface area contributed by atoms with Crippen LogP contribution in [-0.4, -0.2) is 29.3 Å². The van der Waals surface area contributed by atoms with Gasteiger partial charge in [0.25, 0.3) is 0 Å². The Morgan fingerprint density at radius 1 is 1.25 bits per heavy atom. The fraction of sp³-hybridized carbons (Fsp3) is 0.579. The molecule has 1 aromatic rings. The highest BCUT2D eigenvalue weighted by Crippen LogP contribution is 2.44. The number of hydrogen-bond acceptors (Lipinski definition) is 2. The maximum Gasteiger partial charge on any atom is 0.225 e. The van der Waals surface area contributed by atoms with E-state index >= 15 is 0 Å². The van der Waals surface area contributed by atoms with Crippen LogP contribution in [0.5, 0.6) is 0 Å². The first-order chi connectivity index (χ1) is 11.6. The summed E-state index contributed by atoms with van der Waals surface area (Å²) in [5.41, 5.74) is 0.500. The number of nitrogens with zero attached hydrogens (tertiary/aromatic N) is 1. The SMILES string of the molecule is O=C(N[C@H]1C[C@H]2CC[C@H]1C2)[C@H]1CC(=O)N(Cc2ccccc2F)C1. The van der Waals surface area contributed by atoms with Crippen molar-refractivity contribution in [2.45, 2.75) is 44.7 Å². The average molecular weight is 330 g/mol. The Balaban J connectivity index is 1.35. The highest BCUT2D eigenvalue weighted by molar-refractivity contribution is 5.89. The molecular formula is C19H23FN2O2. The Hall–Kier alpha value is -1.91. The lowest BCUT2D eigenvalue weighted by Crippen LogP contribution is -2.42. The van der Waals surface area contributed by atoms with E-state index in [0.29, 0.717) is 24.1 Å². The van der Waals surface area contributed by atoms with Gasteiger partial charge in [0.15, 0.2) is 0 Å². The number of rotatable bonds is 4. The smallest absolute Gasteiger partial charge is 0.225 e. The van der Waals surface area contributed by atoms with Crippen LogP contribution >= 0.6 is 0 Å². The summed E-state index contributed by atoms with van der Waals surface area (Å²) in [4.78, 5) is 26.3. The van der Waals surface area contributed by atoms with Gasteiger partial charge in [-0.25, -0.2) is 4.39 Å². The zero-order valence-electron chi connectivity index (χ0n) is 13.7. The first kappa shape index (κ1) is 15.6. The molecule has 3 fully saturated rings. The summed E-state index contributed by atoms with van der Waals surface area (Å²) < 4.78 is 13.8. The standard InChI is InChI=1S/C19H23FN2O2/c20-16-4-2-1-3-14(16)10-22-11-15(9-18(22)23)19(24)21-17-8-12-5-6-13(17)7-12/h1-4,12-13,15,17H,5-11H2,(H,21,24)/t12-,13-,15-,17-/m0/s1. The first-order valence-corrected chi connectivity index (χ1v) is 8.91. The molecule has 24 heavy (non-hydrogen) atoms. The molecule has 4 nitrogen and oxygen atoms in total. The van der Waals surface area contributed by atoms with Crippen molar-refractivity contribution in [2.75, 3.05) is 6.54 Å². The maximum absolute atomic E-state index is 13.8. The van der Waals surface area contributed by atoms with Crippen molar-refractivity contribution >= 4 is 11.8 Å². The van der Waals surface area contributed by atoms with Crippen molar-refractivity contribution in [3.63, 3.8) is 0 Å². The van der Waals surface area contributed by atoms with Crippen LogP contribution in [0, 0.1) is 23.6 Å². The second-order valence-corrected chi connectivity index (χ2v) is 7.56. The number of fused-ring (bicyclic) bond motifs is 2. The number of carbonyl (C=O) groups is 2. The normalized spacial score (nSPS) is 31.7. The molecule has 0 aromatic heterocycles. The van der Waals surface area contributed by atoms with Crippen molar-refractivity contribution in [3.8, 4) is 0 Å². The summed E-state index contributed by atoms with van der Waals surface area (Å²) in [6.45, 7) is 0.628. The van der Waals surface area contributed by atoms with Gasteiger partial charge in [0.2, 0.25) is 11.8 Å². The van der Waals surface area contributed by atoms with Gasteiger partial charge in [-0.3, -0.25) is 9.59 Å². The van der Waals surface area contributed by atoms with E-state index in [-0.39, 0.29) is 36.5 Å². The van der Waals surface area contributed by atoms with Crippen LogP contribution in [0.25, 0.3) is 0 Å². The van der Waals surface area contributed by atoms with Gasteiger partial charge >= 0.3 is 0 Å². The zero-order chi connectivity index (χ0) is 16.7. The first-order valence-electron chi connectivity index (χ1n) is 8.91. The summed E-state index contributed by atoms with van der Waals surface area (Å²) in [5, 5.41) is 3.18. The molecule has 128 valence electrons. The molecule has 2 bridgehead atoms. The lowest BCUT2D eigenvalue weighted by molar-refractivity contribution is -0.129. The summed E-state index contributed by atoms with van der Waals surface area (Å²) in [7, 11) is 0. The van der Waals surface area contributed by atoms with E-state index in [9.17, 15) is 14.0 Å². The Morgan fingerprint density at radius 3 is 2.79 bits per heavy atom. The number of benzene rings is 1. The number of amides is 2. The third-order valence-corrected chi connectivity index (χ3v) is 5.97. The fourth-order valence-electron chi connectivity index (χ4n) is 4.65. The van der Waals surface area contributed by atoms with E-state index in [2.05, 4.69) is 5.32 Å². The number of nitrogens with one attached hydrogen (secondary N) is 1. The quantitative estimate of drug-likeness (QED) is 0.922. The van der Waals surface area contributed by atoms with Gasteiger partial charge in [-0.1, -0.05) is 24.6 Å². The van der Waals surface area contributed by atoms with E-state index in [0.717, 1.165) is 12.3 Å². The predicted molar refractivity (Wildman–Crippen MR) is 87.3 cm³/mol. The van der Waals surface area contributed by atoms with Gasteiger partial charge in [0.05, 0.1) is 5.92 Å². The van der Waals surface area contributed by atoms with E-state index in [4.69, 9.17) is 0 Å². The van der Waals surface area contributed by atoms with Crippen molar-refractivity contribution in [2.24, 2.45) is 17.8 Å². The van der Waals surface area contributed by atoms with Gasteiger partial charge in [0, 0.05) is 31.1 Å². The molecule has 0 spiro atoms. The van der Waals surface area contributed by atoms with Crippen molar-refractivity contribution in [3.05, 3.63) is 35.6 Å². The lowest BCUT2D eigenvalue weighted by Gasteiger charge is -2.24. The van der Waals surface area contributed by atoms with Crippen molar-refractivity contribution in [1.82, 2.24) is 10.2 Å². The van der Waals surface area contributed by atoms with E-state index in [1.54, 1.807) is 23.1 Å². The van der Waals surface area contributed by atoms with Gasteiger partial charge in [-0.15, -0.1) is 0 Å². The van der Waals surface area contributed by atoms with Crippen LogP contribution in [0.2, 0.25) is 0 Å². The Labute approximate surface area is 141 Å². The third-order valence-electron chi connectivity index (χ3n) is 5.97. The molecule has 1 saturated heterocycles. The number of carbonyl (C=O) groups excluding carboxylic acids is 2. The van der Waals surface area contributed by atoms with Crippen LogP contribution in [0.3, 0.4) is 0 Å². The van der Waals surface area contributed by atoms with Crippen LogP contribution in [0.15, 0.2) is 24.3 Å². The summed E-state index contributed by atoms with van der Waals surface area (Å²) in [6.07, 6.45) is 5.10. The Morgan fingerprint density at radius 2 is 2.08 bits per heavy atom. The van der Waals surface area contributed by atoms with Gasteiger partial charge < -0.3 is 10.2 Å². The molecule has 1 aliphatic heterocycles. The Bertz CT molecular complexity index is 663. The van der Waals surface area contributed by atoms with Crippen LogP contribution in [0.4, 0.5) is 4.39 Å². The number of hydrogen-bond donors (Lipinski definition) is 1. The summed E-state index contributed by atoms with van der Waals surface area (Å²) >= 11 is 0. The molecule has 4 atom stereocenters. The summed E-state index contributed by atoms with van der Waals surface area (Å²) in [5.74, 6) is 0.737. The molecule has 2 saturated carbocycles. The molecule has 1 N–H and O–H groups in total. The van der Waals surface area contributed by atoms with E-state index < -0.39 is 0 Å². The minimum atomic E-state index is -0.305. The predicted octanol–water partition coefficient (Wildman–Crippen LogP) is 2.48. The molecule has 4 rings (SSSR count). The molecule has 1 heterocycles. The minimum Gasteiger partial charge on any atom is -0.353 e. The topological polar surface area (TPSA) is 49.4 Å². The van der Waals surface area contributed by atoms with Gasteiger partial charge in [0.1, 0.15) is 5.82 Å². The van der Waals surface area contributed by atoms with Crippen LogP contribution < -0.4 is 5.32 Å². The highest BCUT2D eigenvalue weighted by atomic mass is 19.1. The molecule has 3 aliphatic rings. The molecule has 5 heteroatoms. The second-order valence-electron chi connectivity index (χ2n) is 7.56. The number of halogens is 1. The van der Waals surface area contributed by atoms with Gasteiger partial charge in [-0.05, 0) is 37.2 Å². The van der Waals surface area contributed by atoms with Crippen molar-refractivity contribution < 1.29 is 14.0 Å². The molecular weight excluding hydrogens is 307 g/mol. The second kappa shape index (κ2) is 6.19. The van der Waals surface area contributed by atoms with Crippen molar-refractivity contribution in [1.29, 1.82) is 0 Å². The highest BCUT2D eigenvalue weighted by Gasteiger charge is 2.42. The van der Waals surface area contributed by atoms with E-state index in [1.165, 1.54) is 25.3 Å². The molecule has 0 unspecified atom stereocenters. The monoisotopic (exact) mass is 330 g/mol. The molecule has 1 aromatic carbocycles. The largest absolute Gasteiger partial charge is 0.353 e. The molecule has 2 aliphatic carbocycles. The lowest BCUT2D eigenvalue weighted by atomic mass is 9.94. The summed E-state index contributed by atoms with van der Waals surface area (Å²) in [6, 6.07) is 6.78. The molecule has 0 radical (unpaired) electrons. The number of likely N-dealkylation sites (tertiary alicyclic amines) is 1. The molecule has 2 amide bonds. The third kappa shape index (κ3) is 2.92. The van der Waals surface area contributed by atoms with Gasteiger partial charge in [-0.2, -0.15) is 0 Å². The zero-order valence-corrected chi connectivity index (χ0v) is 13.7. The van der Waals surface area contributed by atoms with Crippen LogP contribution in [-0.2, 0) is 16.1 Å². The minimum absolute atomic E-state index is 0.00284. The maximum atomic E-state index is 13.8. The average Bonchev–Trinajstić information content (AvgIpc) is 3.26. The van der Waals surface area contributed by atoms with Crippen LogP contribution in [0.1, 0.15) is 37.7 Å². The van der Waals surface area contributed by atoms with E-state index in [1.807, 2.05) is 0 Å².